The maximum Gasteiger partial charge on any atom is 0.255 e. The van der Waals surface area contributed by atoms with E-state index in [4.69, 9.17) is 5.73 Å². The molecule has 3 rings (SSSR count). The second-order valence-electron chi connectivity index (χ2n) is 4.60. The number of hydrogen-bond acceptors (Lipinski definition) is 2. The molecule has 0 aliphatic rings. The Balaban J connectivity index is 0.00000161. The Morgan fingerprint density at radius 3 is 2.29 bits per heavy atom. The van der Waals surface area contributed by atoms with Gasteiger partial charge in [0, 0.05) is 22.3 Å². The first-order valence-electron chi connectivity index (χ1n) is 6.39. The summed E-state index contributed by atoms with van der Waals surface area (Å²) in [6.07, 6.45) is 0. The van der Waals surface area contributed by atoms with E-state index in [0.29, 0.717) is 11.3 Å². The van der Waals surface area contributed by atoms with Gasteiger partial charge in [0.25, 0.3) is 5.91 Å². The minimum Gasteiger partial charge on any atom is -0.399 e. The molecule has 3 N–H and O–H groups in total. The zero-order valence-corrected chi connectivity index (χ0v) is 12.1. The molecule has 0 radical (unpaired) electrons. The third-order valence-electron chi connectivity index (χ3n) is 3.21. The topological polar surface area (TPSA) is 55.1 Å². The highest BCUT2D eigenvalue weighted by molar-refractivity contribution is 6.09. The quantitative estimate of drug-likeness (QED) is 0.700. The highest BCUT2D eigenvalue weighted by Crippen LogP contribution is 2.23. The average Bonchev–Trinajstić information content (AvgIpc) is 2.48. The van der Waals surface area contributed by atoms with Crippen LogP contribution < -0.4 is 11.1 Å². The van der Waals surface area contributed by atoms with Gasteiger partial charge in [-0.25, -0.2) is 0 Å². The van der Waals surface area contributed by atoms with E-state index >= 15 is 0 Å². The highest BCUT2D eigenvalue weighted by atomic mass is 35.5. The predicted octanol–water partition coefficient (Wildman–Crippen LogP) is 4.10. The summed E-state index contributed by atoms with van der Waals surface area (Å²) in [5.74, 6) is -0.138. The van der Waals surface area contributed by atoms with Gasteiger partial charge in [-0.2, -0.15) is 0 Å². The lowest BCUT2D eigenvalue weighted by molar-refractivity contribution is 0.102. The lowest BCUT2D eigenvalue weighted by atomic mass is 10.1. The van der Waals surface area contributed by atoms with Crippen molar-refractivity contribution < 1.29 is 4.79 Å². The fourth-order valence-corrected chi connectivity index (χ4v) is 2.16. The Morgan fingerprint density at radius 1 is 0.857 bits per heavy atom. The molecule has 0 saturated heterocycles. The molecule has 0 saturated carbocycles. The maximum atomic E-state index is 12.2. The third-order valence-corrected chi connectivity index (χ3v) is 3.21. The smallest absolute Gasteiger partial charge is 0.255 e. The number of hydrogen-bond donors (Lipinski definition) is 2. The van der Waals surface area contributed by atoms with Crippen LogP contribution in [0.2, 0.25) is 0 Å². The van der Waals surface area contributed by atoms with E-state index in [1.807, 2.05) is 42.5 Å². The van der Waals surface area contributed by atoms with Crippen LogP contribution in [-0.2, 0) is 0 Å². The number of nitrogens with two attached hydrogens (primary N) is 1. The predicted molar refractivity (Wildman–Crippen MR) is 90.0 cm³/mol. The monoisotopic (exact) mass is 298 g/mol. The number of halogens is 1. The second kappa shape index (κ2) is 6.29. The van der Waals surface area contributed by atoms with E-state index < -0.39 is 0 Å². The summed E-state index contributed by atoms with van der Waals surface area (Å²) in [5, 5.41) is 5.07. The third kappa shape index (κ3) is 3.15. The van der Waals surface area contributed by atoms with Crippen molar-refractivity contribution in [3.05, 3.63) is 72.3 Å². The highest BCUT2D eigenvalue weighted by Gasteiger charge is 2.07. The van der Waals surface area contributed by atoms with Gasteiger partial charge in [0.15, 0.2) is 0 Å². The molecule has 3 nitrogen and oxygen atoms in total. The van der Waals surface area contributed by atoms with Crippen LogP contribution in [0, 0.1) is 0 Å². The molecular weight excluding hydrogens is 284 g/mol. The number of carbonyl (C=O) groups is 1. The number of amides is 1. The van der Waals surface area contributed by atoms with E-state index in [-0.39, 0.29) is 18.3 Å². The number of anilines is 2. The lowest BCUT2D eigenvalue weighted by Crippen LogP contribution is -2.12. The van der Waals surface area contributed by atoms with E-state index in [0.717, 1.165) is 16.5 Å². The molecule has 0 aliphatic carbocycles. The average molecular weight is 299 g/mol. The van der Waals surface area contributed by atoms with Crippen molar-refractivity contribution in [3.63, 3.8) is 0 Å². The summed E-state index contributed by atoms with van der Waals surface area (Å²) in [6, 6.07) is 20.7. The number of rotatable bonds is 2. The van der Waals surface area contributed by atoms with Gasteiger partial charge in [0.05, 0.1) is 0 Å². The maximum absolute atomic E-state index is 12.2. The van der Waals surface area contributed by atoms with Gasteiger partial charge in [-0.15, -0.1) is 12.4 Å². The summed E-state index contributed by atoms with van der Waals surface area (Å²) in [5.41, 5.74) is 7.67. The number of nitrogen functional groups attached to an aromatic ring is 1. The first-order valence-corrected chi connectivity index (χ1v) is 6.39. The standard InChI is InChI=1S/C17H14N2O.ClH/c18-14-10-8-13(9-11-14)17(20)19-16-7-3-5-12-4-1-2-6-15(12)16;/h1-11H,18H2,(H,19,20);1H. The molecule has 0 aromatic heterocycles. The van der Waals surface area contributed by atoms with Crippen LogP contribution >= 0.6 is 12.4 Å². The summed E-state index contributed by atoms with van der Waals surface area (Å²) in [4.78, 5) is 12.2. The molecule has 4 heteroatoms. The number of fused-ring (bicyclic) bond motifs is 1. The molecule has 0 aliphatic heterocycles. The van der Waals surface area contributed by atoms with E-state index in [1.54, 1.807) is 24.3 Å². The van der Waals surface area contributed by atoms with E-state index in [1.165, 1.54) is 0 Å². The largest absolute Gasteiger partial charge is 0.399 e. The Bertz CT molecular complexity index is 764. The van der Waals surface area contributed by atoms with E-state index in [2.05, 4.69) is 5.32 Å². The molecule has 21 heavy (non-hydrogen) atoms. The van der Waals surface area contributed by atoms with Crippen molar-refractivity contribution in [3.8, 4) is 0 Å². The first-order chi connectivity index (χ1) is 9.74. The van der Waals surface area contributed by atoms with Crippen molar-refractivity contribution in [1.82, 2.24) is 0 Å². The van der Waals surface area contributed by atoms with Crippen LogP contribution in [0.5, 0.6) is 0 Å². The van der Waals surface area contributed by atoms with Crippen LogP contribution in [0.1, 0.15) is 10.4 Å². The van der Waals surface area contributed by atoms with Gasteiger partial charge in [-0.05, 0) is 35.7 Å². The Hall–Kier alpha value is -2.52. The zero-order chi connectivity index (χ0) is 13.9. The minimum atomic E-state index is -0.138. The SMILES string of the molecule is Cl.Nc1ccc(C(=O)Nc2cccc3ccccc23)cc1. The van der Waals surface area contributed by atoms with Gasteiger partial charge in [-0.3, -0.25) is 4.79 Å². The van der Waals surface area contributed by atoms with Gasteiger partial charge in [0.1, 0.15) is 0 Å². The van der Waals surface area contributed by atoms with E-state index in [9.17, 15) is 4.79 Å². The van der Waals surface area contributed by atoms with Gasteiger partial charge in [-0.1, -0.05) is 36.4 Å². The molecule has 0 fully saturated rings. The number of benzene rings is 3. The Labute approximate surface area is 129 Å². The minimum absolute atomic E-state index is 0. The molecule has 0 bridgehead atoms. The van der Waals surface area contributed by atoms with Crippen molar-refractivity contribution in [2.75, 3.05) is 11.1 Å². The van der Waals surface area contributed by atoms with Crippen molar-refractivity contribution in [1.29, 1.82) is 0 Å². The van der Waals surface area contributed by atoms with Crippen LogP contribution in [0.15, 0.2) is 66.7 Å². The summed E-state index contributed by atoms with van der Waals surface area (Å²) >= 11 is 0. The van der Waals surface area contributed by atoms with Crippen LogP contribution in [-0.4, -0.2) is 5.91 Å². The molecule has 0 atom stereocenters. The van der Waals surface area contributed by atoms with Crippen LogP contribution in [0.4, 0.5) is 11.4 Å². The van der Waals surface area contributed by atoms with Crippen molar-refractivity contribution in [2.45, 2.75) is 0 Å². The lowest BCUT2D eigenvalue weighted by Gasteiger charge is -2.09. The fourth-order valence-electron chi connectivity index (χ4n) is 2.16. The van der Waals surface area contributed by atoms with Gasteiger partial charge < -0.3 is 11.1 Å². The van der Waals surface area contributed by atoms with Crippen LogP contribution in [0.25, 0.3) is 10.8 Å². The molecular formula is C17H15ClN2O. The zero-order valence-electron chi connectivity index (χ0n) is 11.2. The first kappa shape index (κ1) is 14.9. The summed E-state index contributed by atoms with van der Waals surface area (Å²) < 4.78 is 0. The number of carbonyl (C=O) groups excluding carboxylic acids is 1. The molecule has 0 unspecified atom stereocenters. The number of nitrogens with one attached hydrogen (secondary N) is 1. The molecule has 106 valence electrons. The molecule has 3 aromatic carbocycles. The molecule has 0 heterocycles. The van der Waals surface area contributed by atoms with Crippen molar-refractivity contribution in [2.24, 2.45) is 0 Å². The van der Waals surface area contributed by atoms with Crippen LogP contribution in [0.3, 0.4) is 0 Å². The molecule has 1 amide bonds. The van der Waals surface area contributed by atoms with Gasteiger partial charge >= 0.3 is 0 Å². The van der Waals surface area contributed by atoms with Gasteiger partial charge in [0.2, 0.25) is 0 Å². The molecule has 0 spiro atoms. The molecule has 3 aromatic rings. The summed E-state index contributed by atoms with van der Waals surface area (Å²) in [6.45, 7) is 0. The fraction of sp³-hybridized carbons (Fsp3) is 0. The second-order valence-corrected chi connectivity index (χ2v) is 4.60. The van der Waals surface area contributed by atoms with Crippen molar-refractivity contribution >= 4 is 40.5 Å². The normalized spacial score (nSPS) is 9.90. The Morgan fingerprint density at radius 2 is 1.52 bits per heavy atom. The summed E-state index contributed by atoms with van der Waals surface area (Å²) in [7, 11) is 0. The Kier molecular flexibility index (Phi) is 4.45.